The van der Waals surface area contributed by atoms with Crippen LogP contribution in [0.25, 0.3) is 0 Å². The maximum Gasteiger partial charge on any atom is 0.229 e. The van der Waals surface area contributed by atoms with Crippen LogP contribution < -0.4 is 10.2 Å². The first-order chi connectivity index (χ1) is 12.0. The molecule has 3 rings (SSSR count). The summed E-state index contributed by atoms with van der Waals surface area (Å²) in [5, 5.41) is 3.05. The van der Waals surface area contributed by atoms with Gasteiger partial charge >= 0.3 is 0 Å². The second-order valence-corrected chi connectivity index (χ2v) is 6.78. The number of benzene rings is 1. The van der Waals surface area contributed by atoms with E-state index in [1.54, 1.807) is 0 Å². The van der Waals surface area contributed by atoms with Crippen molar-refractivity contribution in [1.29, 1.82) is 0 Å². The van der Waals surface area contributed by atoms with Gasteiger partial charge in [-0.1, -0.05) is 19.1 Å². The molecule has 1 fully saturated rings. The number of amides is 1. The third kappa shape index (κ3) is 4.35. The molecule has 1 aromatic heterocycles. The van der Waals surface area contributed by atoms with E-state index in [0.29, 0.717) is 6.54 Å². The Hall–Kier alpha value is -2.43. The number of hydrogen-bond acceptors (Lipinski definition) is 4. The van der Waals surface area contributed by atoms with Gasteiger partial charge in [-0.15, -0.1) is 0 Å². The minimum atomic E-state index is -0.0379. The number of aromatic nitrogens is 2. The number of carbonyl (C=O) groups is 1. The van der Waals surface area contributed by atoms with Crippen LogP contribution in [-0.4, -0.2) is 29.0 Å². The van der Waals surface area contributed by atoms with Crippen LogP contribution in [0.3, 0.4) is 0 Å². The van der Waals surface area contributed by atoms with Gasteiger partial charge < -0.3 is 10.2 Å². The molecule has 1 aromatic carbocycles. The second-order valence-electron chi connectivity index (χ2n) is 6.78. The van der Waals surface area contributed by atoms with E-state index >= 15 is 0 Å². The molecule has 1 saturated heterocycles. The Kier molecular flexibility index (Phi) is 5.31. The van der Waals surface area contributed by atoms with Gasteiger partial charge in [-0.2, -0.15) is 0 Å². The lowest BCUT2D eigenvalue weighted by molar-refractivity contribution is -0.120. The van der Waals surface area contributed by atoms with Gasteiger partial charge in [0.1, 0.15) is 0 Å². The summed E-state index contributed by atoms with van der Waals surface area (Å²) in [6.45, 7) is 7.65. The Balaban J connectivity index is 1.66. The molecule has 0 spiro atoms. The molecule has 2 aromatic rings. The highest BCUT2D eigenvalue weighted by Gasteiger charge is 2.27. The molecule has 0 aliphatic carbocycles. The SMILES string of the molecule is CCc1ccc(NC(=O)[C@H]2CCCN(c3nc(C)cc(C)n3)C2)cc1. The molecule has 1 aliphatic rings. The lowest BCUT2D eigenvalue weighted by Gasteiger charge is -2.32. The van der Waals surface area contributed by atoms with Crippen molar-refractivity contribution >= 4 is 17.5 Å². The second kappa shape index (κ2) is 7.64. The van der Waals surface area contributed by atoms with Crippen molar-refractivity contribution in [1.82, 2.24) is 9.97 Å². The van der Waals surface area contributed by atoms with Crippen LogP contribution in [0.15, 0.2) is 30.3 Å². The maximum absolute atomic E-state index is 12.7. The summed E-state index contributed by atoms with van der Waals surface area (Å²) in [6.07, 6.45) is 2.88. The van der Waals surface area contributed by atoms with Crippen molar-refractivity contribution in [2.75, 3.05) is 23.3 Å². The number of nitrogens with zero attached hydrogens (tertiary/aromatic N) is 3. The topological polar surface area (TPSA) is 58.1 Å². The smallest absolute Gasteiger partial charge is 0.229 e. The zero-order valence-corrected chi connectivity index (χ0v) is 15.2. The van der Waals surface area contributed by atoms with Crippen molar-refractivity contribution in [3.8, 4) is 0 Å². The predicted octanol–water partition coefficient (Wildman–Crippen LogP) is 3.51. The number of rotatable bonds is 4. The van der Waals surface area contributed by atoms with Gasteiger partial charge in [-0.25, -0.2) is 9.97 Å². The van der Waals surface area contributed by atoms with Gasteiger partial charge in [-0.3, -0.25) is 4.79 Å². The summed E-state index contributed by atoms with van der Waals surface area (Å²) >= 11 is 0. The summed E-state index contributed by atoms with van der Waals surface area (Å²) in [6, 6.07) is 10.0. The predicted molar refractivity (Wildman–Crippen MR) is 101 cm³/mol. The Labute approximate surface area is 149 Å². The molecule has 1 amide bonds. The fourth-order valence-electron chi connectivity index (χ4n) is 3.29. The summed E-state index contributed by atoms with van der Waals surface area (Å²) in [7, 11) is 0. The van der Waals surface area contributed by atoms with Gasteiger partial charge in [0.15, 0.2) is 0 Å². The van der Waals surface area contributed by atoms with Crippen LogP contribution in [0.1, 0.15) is 36.7 Å². The quantitative estimate of drug-likeness (QED) is 0.927. The molecule has 5 heteroatoms. The first kappa shape index (κ1) is 17.4. The van der Waals surface area contributed by atoms with E-state index < -0.39 is 0 Å². The molecular formula is C20H26N4O. The normalized spacial score (nSPS) is 17.4. The molecule has 5 nitrogen and oxygen atoms in total. The molecule has 2 heterocycles. The van der Waals surface area contributed by atoms with E-state index in [1.807, 2.05) is 32.0 Å². The van der Waals surface area contributed by atoms with Crippen molar-refractivity contribution in [2.45, 2.75) is 40.0 Å². The van der Waals surface area contributed by atoms with Gasteiger partial charge in [0.25, 0.3) is 0 Å². The third-order valence-electron chi connectivity index (χ3n) is 4.68. The van der Waals surface area contributed by atoms with Gasteiger partial charge in [0, 0.05) is 30.2 Å². The molecule has 0 unspecified atom stereocenters. The molecule has 1 aliphatic heterocycles. The van der Waals surface area contributed by atoms with E-state index in [9.17, 15) is 4.79 Å². The molecule has 132 valence electrons. The van der Waals surface area contributed by atoms with Crippen molar-refractivity contribution in [3.63, 3.8) is 0 Å². The van der Waals surface area contributed by atoms with Crippen LogP contribution in [-0.2, 0) is 11.2 Å². The Morgan fingerprint density at radius 3 is 2.52 bits per heavy atom. The standard InChI is InChI=1S/C20H26N4O/c1-4-16-7-9-18(10-8-16)23-19(25)17-6-5-11-24(13-17)20-21-14(2)12-15(3)22-20/h7-10,12,17H,4-6,11,13H2,1-3H3,(H,23,25)/t17-/m0/s1. The van der Waals surface area contributed by atoms with Gasteiger partial charge in [0.05, 0.1) is 5.92 Å². The highest BCUT2D eigenvalue weighted by molar-refractivity contribution is 5.93. The zero-order chi connectivity index (χ0) is 17.8. The van der Waals surface area contributed by atoms with Crippen LogP contribution in [0.5, 0.6) is 0 Å². The van der Waals surface area contributed by atoms with E-state index in [2.05, 4.69) is 39.2 Å². The molecule has 0 bridgehead atoms. The number of aryl methyl sites for hydroxylation is 3. The molecule has 0 radical (unpaired) electrons. The fraction of sp³-hybridized carbons (Fsp3) is 0.450. The monoisotopic (exact) mass is 338 g/mol. The van der Waals surface area contributed by atoms with Crippen molar-refractivity contribution < 1.29 is 4.79 Å². The molecule has 1 atom stereocenters. The molecule has 0 saturated carbocycles. The number of hydrogen-bond donors (Lipinski definition) is 1. The minimum absolute atomic E-state index is 0.0379. The van der Waals surface area contributed by atoms with Crippen LogP contribution in [0.2, 0.25) is 0 Å². The van der Waals surface area contributed by atoms with E-state index in [0.717, 1.165) is 48.8 Å². The highest BCUT2D eigenvalue weighted by Crippen LogP contribution is 2.22. The highest BCUT2D eigenvalue weighted by atomic mass is 16.1. The summed E-state index contributed by atoms with van der Waals surface area (Å²) < 4.78 is 0. The average Bonchev–Trinajstić information content (AvgIpc) is 2.61. The number of nitrogens with one attached hydrogen (secondary N) is 1. The maximum atomic E-state index is 12.7. The molecule has 25 heavy (non-hydrogen) atoms. The minimum Gasteiger partial charge on any atom is -0.340 e. The largest absolute Gasteiger partial charge is 0.340 e. The van der Waals surface area contributed by atoms with E-state index in [-0.39, 0.29) is 11.8 Å². The molecule has 1 N–H and O–H groups in total. The van der Waals surface area contributed by atoms with Gasteiger partial charge in [-0.05, 0) is 56.9 Å². The lowest BCUT2D eigenvalue weighted by atomic mass is 9.97. The van der Waals surface area contributed by atoms with E-state index in [1.165, 1.54) is 5.56 Å². The third-order valence-corrected chi connectivity index (χ3v) is 4.68. The van der Waals surface area contributed by atoms with Crippen molar-refractivity contribution in [2.24, 2.45) is 5.92 Å². The average molecular weight is 338 g/mol. The summed E-state index contributed by atoms with van der Waals surface area (Å²) in [5.41, 5.74) is 4.06. The van der Waals surface area contributed by atoms with Gasteiger partial charge in [0.2, 0.25) is 11.9 Å². The Bertz CT molecular complexity index is 722. The Morgan fingerprint density at radius 1 is 1.20 bits per heavy atom. The van der Waals surface area contributed by atoms with Crippen LogP contribution in [0.4, 0.5) is 11.6 Å². The number of anilines is 2. The van der Waals surface area contributed by atoms with Crippen molar-refractivity contribution in [3.05, 3.63) is 47.3 Å². The first-order valence-electron chi connectivity index (χ1n) is 9.02. The Morgan fingerprint density at radius 2 is 1.88 bits per heavy atom. The van der Waals surface area contributed by atoms with Crippen LogP contribution >= 0.6 is 0 Å². The number of carbonyl (C=O) groups excluding carboxylic acids is 1. The lowest BCUT2D eigenvalue weighted by Crippen LogP contribution is -2.41. The number of piperidine rings is 1. The molecular weight excluding hydrogens is 312 g/mol. The van der Waals surface area contributed by atoms with Crippen LogP contribution in [0, 0.1) is 19.8 Å². The summed E-state index contributed by atoms with van der Waals surface area (Å²) in [5.74, 6) is 0.782. The van der Waals surface area contributed by atoms with E-state index in [4.69, 9.17) is 0 Å². The summed E-state index contributed by atoms with van der Waals surface area (Å²) in [4.78, 5) is 23.9. The fourth-order valence-corrected chi connectivity index (χ4v) is 3.29. The zero-order valence-electron chi connectivity index (χ0n) is 15.2. The first-order valence-corrected chi connectivity index (χ1v) is 9.02.